The molecule has 1 unspecified atom stereocenters. The molecule has 0 saturated heterocycles. The first-order valence-electron chi connectivity index (χ1n) is 5.84. The largest absolute Gasteiger partial charge is 0.379 e. The van der Waals surface area contributed by atoms with Gasteiger partial charge in [-0.2, -0.15) is 0 Å². The second kappa shape index (κ2) is 5.53. The van der Waals surface area contributed by atoms with E-state index in [2.05, 4.69) is 21.2 Å². The fourth-order valence-corrected chi connectivity index (χ4v) is 2.02. The topological polar surface area (TPSA) is 12.0 Å². The molecule has 0 aliphatic rings. The Labute approximate surface area is 115 Å². The van der Waals surface area contributed by atoms with Gasteiger partial charge in [0.15, 0.2) is 0 Å². The van der Waals surface area contributed by atoms with E-state index in [1.54, 1.807) is 13.0 Å². The summed E-state index contributed by atoms with van der Waals surface area (Å²) in [6.07, 6.45) is 0. The molecule has 2 aromatic carbocycles. The predicted octanol–water partition coefficient (Wildman–Crippen LogP) is 5.07. The molecule has 1 N–H and O–H groups in total. The average molecular weight is 308 g/mol. The van der Waals surface area contributed by atoms with E-state index in [4.69, 9.17) is 0 Å². The molecule has 2 rings (SSSR count). The Morgan fingerprint density at radius 3 is 2.39 bits per heavy atom. The summed E-state index contributed by atoms with van der Waals surface area (Å²) in [4.78, 5) is 0. The number of rotatable bonds is 3. The number of hydrogen-bond donors (Lipinski definition) is 1. The van der Waals surface area contributed by atoms with Crippen molar-refractivity contribution in [1.82, 2.24) is 0 Å². The van der Waals surface area contributed by atoms with Gasteiger partial charge in [0, 0.05) is 16.2 Å². The zero-order valence-electron chi connectivity index (χ0n) is 10.4. The van der Waals surface area contributed by atoms with Crippen LogP contribution in [0.15, 0.2) is 46.9 Å². The molecule has 0 radical (unpaired) electrons. The third-order valence-corrected chi connectivity index (χ3v) is 3.45. The van der Waals surface area contributed by atoms with Crippen LogP contribution in [0.3, 0.4) is 0 Å². The first-order chi connectivity index (χ1) is 8.56. The number of nitrogens with one attached hydrogen (secondary N) is 1. The van der Waals surface area contributed by atoms with Gasteiger partial charge < -0.3 is 5.32 Å². The van der Waals surface area contributed by atoms with Crippen LogP contribution >= 0.6 is 15.9 Å². The molecular formula is C15H15BrFN. The standard InChI is InChI=1S/C15H15BrFN/c1-10-3-4-12(9-15(10)17)11(2)18-14-7-5-13(16)6-8-14/h3-9,11,18H,1-2H3. The van der Waals surface area contributed by atoms with Gasteiger partial charge in [-0.1, -0.05) is 28.1 Å². The Bertz CT molecular complexity index is 537. The molecule has 94 valence electrons. The molecule has 18 heavy (non-hydrogen) atoms. The Morgan fingerprint density at radius 2 is 1.78 bits per heavy atom. The highest BCUT2D eigenvalue weighted by molar-refractivity contribution is 9.10. The normalized spacial score (nSPS) is 12.2. The fraction of sp³-hybridized carbons (Fsp3) is 0.200. The quantitative estimate of drug-likeness (QED) is 0.834. The minimum atomic E-state index is -0.156. The maximum absolute atomic E-state index is 13.5. The van der Waals surface area contributed by atoms with Crippen molar-refractivity contribution in [2.45, 2.75) is 19.9 Å². The maximum Gasteiger partial charge on any atom is 0.126 e. The molecule has 0 bridgehead atoms. The van der Waals surface area contributed by atoms with Crippen LogP contribution in [-0.4, -0.2) is 0 Å². The van der Waals surface area contributed by atoms with Crippen molar-refractivity contribution in [3.63, 3.8) is 0 Å². The lowest BCUT2D eigenvalue weighted by Gasteiger charge is -2.16. The average Bonchev–Trinajstić information content (AvgIpc) is 2.35. The summed E-state index contributed by atoms with van der Waals surface area (Å²) in [5.41, 5.74) is 2.64. The summed E-state index contributed by atoms with van der Waals surface area (Å²) < 4.78 is 14.5. The van der Waals surface area contributed by atoms with Gasteiger partial charge in [0.1, 0.15) is 5.82 Å². The molecule has 0 aliphatic heterocycles. The summed E-state index contributed by atoms with van der Waals surface area (Å²) >= 11 is 3.40. The summed E-state index contributed by atoms with van der Waals surface area (Å²) in [5, 5.41) is 3.34. The van der Waals surface area contributed by atoms with Crippen LogP contribution in [0.1, 0.15) is 24.1 Å². The van der Waals surface area contributed by atoms with Gasteiger partial charge in [0.2, 0.25) is 0 Å². The first kappa shape index (κ1) is 13.1. The minimum Gasteiger partial charge on any atom is -0.379 e. The van der Waals surface area contributed by atoms with Crippen LogP contribution in [-0.2, 0) is 0 Å². The molecule has 2 aromatic rings. The van der Waals surface area contributed by atoms with Crippen LogP contribution in [0.4, 0.5) is 10.1 Å². The van der Waals surface area contributed by atoms with Gasteiger partial charge in [0.25, 0.3) is 0 Å². The number of halogens is 2. The number of hydrogen-bond acceptors (Lipinski definition) is 1. The third-order valence-electron chi connectivity index (χ3n) is 2.92. The van der Waals surface area contributed by atoms with Gasteiger partial charge >= 0.3 is 0 Å². The zero-order valence-corrected chi connectivity index (χ0v) is 12.0. The molecule has 0 saturated carbocycles. The summed E-state index contributed by atoms with van der Waals surface area (Å²) in [6.45, 7) is 3.79. The van der Waals surface area contributed by atoms with E-state index in [1.807, 2.05) is 43.3 Å². The third kappa shape index (κ3) is 3.10. The summed E-state index contributed by atoms with van der Waals surface area (Å²) in [5.74, 6) is -0.156. The second-order valence-corrected chi connectivity index (χ2v) is 5.30. The molecule has 1 atom stereocenters. The Balaban J connectivity index is 2.13. The number of aryl methyl sites for hydroxylation is 1. The van der Waals surface area contributed by atoms with Crippen LogP contribution < -0.4 is 5.32 Å². The Kier molecular flexibility index (Phi) is 4.02. The van der Waals surface area contributed by atoms with Crippen molar-refractivity contribution in [3.8, 4) is 0 Å². The van der Waals surface area contributed by atoms with E-state index in [1.165, 1.54) is 0 Å². The molecule has 0 spiro atoms. The molecule has 0 fully saturated rings. The van der Waals surface area contributed by atoms with Crippen LogP contribution in [0, 0.1) is 12.7 Å². The van der Waals surface area contributed by atoms with Gasteiger partial charge in [-0.05, 0) is 55.3 Å². The highest BCUT2D eigenvalue weighted by Gasteiger charge is 2.07. The van der Waals surface area contributed by atoms with E-state index in [0.29, 0.717) is 5.56 Å². The summed E-state index contributed by atoms with van der Waals surface area (Å²) in [6, 6.07) is 13.4. The molecule has 0 heterocycles. The van der Waals surface area contributed by atoms with E-state index in [9.17, 15) is 4.39 Å². The Morgan fingerprint density at radius 1 is 1.11 bits per heavy atom. The molecule has 0 amide bonds. The van der Waals surface area contributed by atoms with E-state index in [0.717, 1.165) is 15.7 Å². The van der Waals surface area contributed by atoms with Gasteiger partial charge in [-0.25, -0.2) is 4.39 Å². The molecule has 1 nitrogen and oxygen atoms in total. The van der Waals surface area contributed by atoms with E-state index < -0.39 is 0 Å². The van der Waals surface area contributed by atoms with E-state index in [-0.39, 0.29) is 11.9 Å². The summed E-state index contributed by atoms with van der Waals surface area (Å²) in [7, 11) is 0. The first-order valence-corrected chi connectivity index (χ1v) is 6.64. The lowest BCUT2D eigenvalue weighted by molar-refractivity contribution is 0.614. The van der Waals surface area contributed by atoms with Crippen molar-refractivity contribution >= 4 is 21.6 Å². The Hall–Kier alpha value is -1.35. The molecule has 3 heteroatoms. The van der Waals surface area contributed by atoms with Gasteiger partial charge in [-0.15, -0.1) is 0 Å². The highest BCUT2D eigenvalue weighted by atomic mass is 79.9. The van der Waals surface area contributed by atoms with Crippen molar-refractivity contribution in [3.05, 3.63) is 63.9 Å². The molecule has 0 aliphatic carbocycles. The van der Waals surface area contributed by atoms with Crippen LogP contribution in [0.5, 0.6) is 0 Å². The molecular weight excluding hydrogens is 293 g/mol. The van der Waals surface area contributed by atoms with Crippen molar-refractivity contribution < 1.29 is 4.39 Å². The minimum absolute atomic E-state index is 0.0706. The predicted molar refractivity (Wildman–Crippen MR) is 77.3 cm³/mol. The van der Waals surface area contributed by atoms with Crippen molar-refractivity contribution in [2.24, 2.45) is 0 Å². The SMILES string of the molecule is Cc1ccc(C(C)Nc2ccc(Br)cc2)cc1F. The molecule has 0 aromatic heterocycles. The van der Waals surface area contributed by atoms with Gasteiger partial charge in [-0.3, -0.25) is 0 Å². The van der Waals surface area contributed by atoms with Crippen LogP contribution in [0.2, 0.25) is 0 Å². The highest BCUT2D eigenvalue weighted by Crippen LogP contribution is 2.22. The fourth-order valence-electron chi connectivity index (χ4n) is 1.76. The zero-order chi connectivity index (χ0) is 13.1. The van der Waals surface area contributed by atoms with Gasteiger partial charge in [0.05, 0.1) is 0 Å². The van der Waals surface area contributed by atoms with E-state index >= 15 is 0 Å². The maximum atomic E-state index is 13.5. The monoisotopic (exact) mass is 307 g/mol. The lowest BCUT2D eigenvalue weighted by Crippen LogP contribution is -2.07. The van der Waals surface area contributed by atoms with Crippen molar-refractivity contribution in [2.75, 3.05) is 5.32 Å². The second-order valence-electron chi connectivity index (χ2n) is 4.38. The van der Waals surface area contributed by atoms with Crippen molar-refractivity contribution in [1.29, 1.82) is 0 Å². The smallest absolute Gasteiger partial charge is 0.126 e. The number of anilines is 1. The lowest BCUT2D eigenvalue weighted by atomic mass is 10.1. The van der Waals surface area contributed by atoms with Crippen LogP contribution in [0.25, 0.3) is 0 Å². The number of benzene rings is 2.